The second-order valence-corrected chi connectivity index (χ2v) is 4.81. The average molecular weight is 331 g/mol. The van der Waals surface area contributed by atoms with Crippen LogP contribution in [0.3, 0.4) is 0 Å². The zero-order chi connectivity index (χ0) is 17.2. The molecular weight excluding hydrogens is 318 g/mol. The van der Waals surface area contributed by atoms with Gasteiger partial charge >= 0.3 is 12.2 Å². The maximum absolute atomic E-state index is 13.2. The van der Waals surface area contributed by atoms with Gasteiger partial charge in [-0.25, -0.2) is 9.18 Å². The molecule has 23 heavy (non-hydrogen) atoms. The molecule has 2 amide bonds. The molecule has 10 heteroatoms. The highest BCUT2D eigenvalue weighted by atomic mass is 19.4. The number of halogens is 4. The van der Waals surface area contributed by atoms with Crippen molar-refractivity contribution >= 4 is 11.7 Å². The maximum Gasteiger partial charge on any atom is 0.419 e. The van der Waals surface area contributed by atoms with Crippen molar-refractivity contribution in [3.63, 3.8) is 0 Å². The lowest BCUT2D eigenvalue weighted by molar-refractivity contribution is -0.139. The van der Waals surface area contributed by atoms with Crippen LogP contribution in [-0.4, -0.2) is 20.8 Å². The van der Waals surface area contributed by atoms with Crippen LogP contribution in [-0.2, 0) is 13.2 Å². The Kier molecular flexibility index (Phi) is 4.52. The molecule has 2 N–H and O–H groups in total. The van der Waals surface area contributed by atoms with Crippen molar-refractivity contribution in [3.8, 4) is 0 Å². The van der Waals surface area contributed by atoms with Gasteiger partial charge in [0.25, 0.3) is 0 Å². The van der Waals surface area contributed by atoms with Gasteiger partial charge < -0.3 is 15.2 Å². The quantitative estimate of drug-likeness (QED) is 0.850. The lowest BCUT2D eigenvalue weighted by Gasteiger charge is -2.15. The van der Waals surface area contributed by atoms with Crippen molar-refractivity contribution in [1.82, 2.24) is 20.1 Å². The Bertz CT molecular complexity index is 713. The van der Waals surface area contributed by atoms with Crippen molar-refractivity contribution in [2.45, 2.75) is 19.1 Å². The molecule has 0 unspecified atom stereocenters. The predicted molar refractivity (Wildman–Crippen MR) is 73.0 cm³/mol. The number of nitrogens with one attached hydrogen (secondary N) is 2. The summed E-state index contributed by atoms with van der Waals surface area (Å²) in [5.74, 6) is -0.939. The number of hydrogen-bond acceptors (Lipinski definition) is 3. The van der Waals surface area contributed by atoms with E-state index in [2.05, 4.69) is 20.8 Å². The van der Waals surface area contributed by atoms with Gasteiger partial charge in [0.05, 0.1) is 11.6 Å². The van der Waals surface area contributed by atoms with Gasteiger partial charge in [0.1, 0.15) is 12.1 Å². The Morgan fingerprint density at radius 1 is 1.35 bits per heavy atom. The molecule has 0 saturated heterocycles. The fourth-order valence-electron chi connectivity index (χ4n) is 1.93. The third kappa shape index (κ3) is 3.96. The number of amides is 2. The van der Waals surface area contributed by atoms with Gasteiger partial charge in [-0.15, -0.1) is 10.2 Å². The van der Waals surface area contributed by atoms with Crippen molar-refractivity contribution in [2.24, 2.45) is 7.05 Å². The molecule has 1 atom stereocenters. The second-order valence-electron chi connectivity index (χ2n) is 4.81. The van der Waals surface area contributed by atoms with Gasteiger partial charge in [-0.05, 0) is 25.1 Å². The summed E-state index contributed by atoms with van der Waals surface area (Å²) in [6.07, 6.45) is -3.40. The minimum Gasteiger partial charge on any atom is -0.328 e. The molecule has 6 nitrogen and oxygen atoms in total. The normalized spacial score (nSPS) is 12.8. The number of carbonyl (C=O) groups excluding carboxylic acids is 1. The van der Waals surface area contributed by atoms with Gasteiger partial charge in [0, 0.05) is 12.7 Å². The zero-order valence-electron chi connectivity index (χ0n) is 12.1. The van der Waals surface area contributed by atoms with E-state index in [1.807, 2.05) is 0 Å². The molecular formula is C13H13F4N5O. The van der Waals surface area contributed by atoms with E-state index in [0.717, 1.165) is 6.07 Å². The summed E-state index contributed by atoms with van der Waals surface area (Å²) in [5.41, 5.74) is -1.63. The van der Waals surface area contributed by atoms with Crippen molar-refractivity contribution in [2.75, 3.05) is 5.32 Å². The van der Waals surface area contributed by atoms with E-state index < -0.39 is 29.6 Å². The SMILES string of the molecule is C[C@@H](NC(=O)Nc1ccc(F)c(C(F)(F)F)c1)c1nncn1C. The van der Waals surface area contributed by atoms with E-state index in [-0.39, 0.29) is 5.69 Å². The molecule has 1 aromatic heterocycles. The first-order valence-corrected chi connectivity index (χ1v) is 6.46. The second kappa shape index (κ2) is 6.23. The molecule has 1 heterocycles. The first kappa shape index (κ1) is 16.7. The van der Waals surface area contributed by atoms with Crippen LogP contribution in [0.4, 0.5) is 28.0 Å². The topological polar surface area (TPSA) is 71.8 Å². The number of nitrogens with zero attached hydrogens (tertiary/aromatic N) is 3. The molecule has 1 aromatic carbocycles. The highest BCUT2D eigenvalue weighted by Gasteiger charge is 2.34. The third-order valence-electron chi connectivity index (χ3n) is 3.01. The summed E-state index contributed by atoms with van der Waals surface area (Å²) in [6.45, 7) is 1.63. The Morgan fingerprint density at radius 3 is 2.61 bits per heavy atom. The standard InChI is InChI=1S/C13H13F4N5O/c1-7(11-21-18-6-22(11)2)19-12(23)20-8-3-4-10(14)9(5-8)13(15,16)17/h3-7H,1-2H3,(H2,19,20,23)/t7-/m1/s1. The number of urea groups is 1. The van der Waals surface area contributed by atoms with E-state index >= 15 is 0 Å². The zero-order valence-corrected chi connectivity index (χ0v) is 12.1. The number of aromatic nitrogens is 3. The highest BCUT2D eigenvalue weighted by Crippen LogP contribution is 2.32. The molecule has 124 valence electrons. The van der Waals surface area contributed by atoms with Crippen LogP contribution in [0.5, 0.6) is 0 Å². The summed E-state index contributed by atoms with van der Waals surface area (Å²) in [7, 11) is 1.68. The predicted octanol–water partition coefficient (Wildman–Crippen LogP) is 2.86. The van der Waals surface area contributed by atoms with Crippen LogP contribution in [0.2, 0.25) is 0 Å². The summed E-state index contributed by atoms with van der Waals surface area (Å²) in [6, 6.07) is 0.939. The number of aryl methyl sites for hydroxylation is 1. The number of benzene rings is 1. The Balaban J connectivity index is 2.07. The van der Waals surface area contributed by atoms with Gasteiger partial charge in [-0.2, -0.15) is 13.2 Å². The van der Waals surface area contributed by atoms with Gasteiger partial charge in [-0.1, -0.05) is 0 Å². The van der Waals surface area contributed by atoms with Crippen LogP contribution in [0, 0.1) is 5.82 Å². The third-order valence-corrected chi connectivity index (χ3v) is 3.01. The van der Waals surface area contributed by atoms with E-state index in [1.54, 1.807) is 18.5 Å². The smallest absolute Gasteiger partial charge is 0.328 e. The van der Waals surface area contributed by atoms with Crippen molar-refractivity contribution in [1.29, 1.82) is 0 Å². The molecule has 0 bridgehead atoms. The first-order valence-electron chi connectivity index (χ1n) is 6.46. The van der Waals surface area contributed by atoms with Crippen LogP contribution in [0.25, 0.3) is 0 Å². The van der Waals surface area contributed by atoms with Gasteiger partial charge in [-0.3, -0.25) is 0 Å². The highest BCUT2D eigenvalue weighted by molar-refractivity contribution is 5.89. The number of anilines is 1. The number of rotatable bonds is 3. The van der Waals surface area contributed by atoms with E-state index in [9.17, 15) is 22.4 Å². The molecule has 2 rings (SSSR count). The Labute approximate surface area is 128 Å². The van der Waals surface area contributed by atoms with Crippen LogP contribution in [0.15, 0.2) is 24.5 Å². The molecule has 0 aliphatic carbocycles. The summed E-state index contributed by atoms with van der Waals surface area (Å²) < 4.78 is 52.6. The van der Waals surface area contributed by atoms with E-state index in [0.29, 0.717) is 18.0 Å². The minimum atomic E-state index is -4.84. The maximum atomic E-state index is 13.2. The summed E-state index contributed by atoms with van der Waals surface area (Å²) in [5, 5.41) is 12.2. The number of carbonyl (C=O) groups is 1. The first-order chi connectivity index (χ1) is 10.7. The molecule has 0 radical (unpaired) electrons. The average Bonchev–Trinajstić information content (AvgIpc) is 2.86. The number of hydrogen-bond donors (Lipinski definition) is 2. The fraction of sp³-hybridized carbons (Fsp3) is 0.308. The van der Waals surface area contributed by atoms with E-state index in [1.165, 1.54) is 6.33 Å². The molecule has 0 aliphatic heterocycles. The molecule has 0 aliphatic rings. The lowest BCUT2D eigenvalue weighted by Crippen LogP contribution is -2.32. The molecule has 2 aromatic rings. The number of alkyl halides is 3. The Morgan fingerprint density at radius 2 is 2.04 bits per heavy atom. The van der Waals surface area contributed by atoms with E-state index in [4.69, 9.17) is 0 Å². The fourth-order valence-corrected chi connectivity index (χ4v) is 1.93. The molecule has 0 spiro atoms. The minimum absolute atomic E-state index is 0.179. The van der Waals surface area contributed by atoms with Gasteiger partial charge in [0.15, 0.2) is 5.82 Å². The van der Waals surface area contributed by atoms with Crippen LogP contribution in [0.1, 0.15) is 24.4 Å². The summed E-state index contributed by atoms with van der Waals surface area (Å²) in [4.78, 5) is 11.8. The van der Waals surface area contributed by atoms with Gasteiger partial charge in [0.2, 0.25) is 0 Å². The Hall–Kier alpha value is -2.65. The summed E-state index contributed by atoms with van der Waals surface area (Å²) >= 11 is 0. The molecule has 0 saturated carbocycles. The van der Waals surface area contributed by atoms with Crippen molar-refractivity contribution < 1.29 is 22.4 Å². The largest absolute Gasteiger partial charge is 0.419 e. The van der Waals surface area contributed by atoms with Crippen LogP contribution >= 0.6 is 0 Å². The van der Waals surface area contributed by atoms with Crippen molar-refractivity contribution in [3.05, 3.63) is 41.7 Å². The molecule has 0 fully saturated rings. The van der Waals surface area contributed by atoms with Crippen LogP contribution < -0.4 is 10.6 Å². The lowest BCUT2D eigenvalue weighted by atomic mass is 10.2. The monoisotopic (exact) mass is 331 g/mol.